The Balaban J connectivity index is 0. The van der Waals surface area contributed by atoms with Gasteiger partial charge in [-0.25, -0.2) is 0 Å². The van der Waals surface area contributed by atoms with Crippen LogP contribution in [0.1, 0.15) is 79.6 Å². The van der Waals surface area contributed by atoms with Gasteiger partial charge in [-0.05, 0) is 19.3 Å². The van der Waals surface area contributed by atoms with Crippen LogP contribution in [0.3, 0.4) is 0 Å². The van der Waals surface area contributed by atoms with Crippen molar-refractivity contribution in [2.75, 3.05) is 6.54 Å². The maximum absolute atomic E-state index is 11.9. The molecule has 2 unspecified atom stereocenters. The second kappa shape index (κ2) is 15.3. The second-order valence-electron chi connectivity index (χ2n) is 4.83. The minimum atomic E-state index is -0.821. The Hall–Kier alpha value is -1.06. The number of unbranched alkanes of at least 4 members (excludes halogenated alkanes) is 2. The molecule has 1 amide bonds. The quantitative estimate of drug-likeness (QED) is 0.721. The third-order valence-electron chi connectivity index (χ3n) is 3.50. The molecular weight excluding hydrogens is 266 g/mol. The van der Waals surface area contributed by atoms with Crippen LogP contribution >= 0.6 is 0 Å². The summed E-state index contributed by atoms with van der Waals surface area (Å²) in [4.78, 5) is 23.0. The molecule has 1 aliphatic carbocycles. The molecule has 0 heterocycles. The standard InChI is InChI=1S/C13H23NO3.2C2H6/c1-2-3-6-9-14-12(15)10-7-4-5-8-11(10)13(16)17;2*1-2/h10-11H,2-9H2,1H3,(H,14,15)(H,16,17);2*1-2H3. The normalized spacial score (nSPS) is 20.2. The summed E-state index contributed by atoms with van der Waals surface area (Å²) in [5.74, 6) is -1.68. The van der Waals surface area contributed by atoms with E-state index in [1.165, 1.54) is 0 Å². The smallest absolute Gasteiger partial charge is 0.307 e. The molecule has 0 aliphatic heterocycles. The zero-order valence-corrected chi connectivity index (χ0v) is 14.6. The van der Waals surface area contributed by atoms with E-state index >= 15 is 0 Å². The SMILES string of the molecule is CC.CC.CCCCCNC(=O)C1CCCCC1C(=O)O. The number of hydrogen-bond acceptors (Lipinski definition) is 2. The predicted octanol–water partition coefficient (Wildman–Crippen LogP) is 4.24. The average molecular weight is 301 g/mol. The van der Waals surface area contributed by atoms with Gasteiger partial charge in [0.15, 0.2) is 0 Å². The van der Waals surface area contributed by atoms with E-state index in [4.69, 9.17) is 5.11 Å². The van der Waals surface area contributed by atoms with Crippen LogP contribution in [0.15, 0.2) is 0 Å². The first-order valence-corrected chi connectivity index (χ1v) is 8.67. The van der Waals surface area contributed by atoms with Gasteiger partial charge in [-0.1, -0.05) is 60.3 Å². The molecule has 1 saturated carbocycles. The predicted molar refractivity (Wildman–Crippen MR) is 88.3 cm³/mol. The lowest BCUT2D eigenvalue weighted by Crippen LogP contribution is -2.40. The third-order valence-corrected chi connectivity index (χ3v) is 3.50. The van der Waals surface area contributed by atoms with Gasteiger partial charge in [-0.2, -0.15) is 0 Å². The number of nitrogens with one attached hydrogen (secondary N) is 1. The monoisotopic (exact) mass is 301 g/mol. The van der Waals surface area contributed by atoms with Gasteiger partial charge in [-0.15, -0.1) is 0 Å². The molecule has 21 heavy (non-hydrogen) atoms. The van der Waals surface area contributed by atoms with Gasteiger partial charge in [0.25, 0.3) is 0 Å². The molecule has 1 rings (SSSR count). The van der Waals surface area contributed by atoms with Gasteiger partial charge in [0, 0.05) is 6.54 Å². The Morgan fingerprint density at radius 1 is 1.00 bits per heavy atom. The molecule has 0 bridgehead atoms. The van der Waals surface area contributed by atoms with Crippen LogP contribution in [0.2, 0.25) is 0 Å². The fourth-order valence-corrected chi connectivity index (χ4v) is 2.46. The maximum atomic E-state index is 11.9. The van der Waals surface area contributed by atoms with E-state index in [0.717, 1.165) is 38.5 Å². The summed E-state index contributed by atoms with van der Waals surface area (Å²) < 4.78 is 0. The molecule has 0 radical (unpaired) electrons. The summed E-state index contributed by atoms with van der Waals surface area (Å²) in [6, 6.07) is 0. The van der Waals surface area contributed by atoms with E-state index in [2.05, 4.69) is 12.2 Å². The first kappa shape index (κ1) is 22.2. The summed E-state index contributed by atoms with van der Waals surface area (Å²) in [5, 5.41) is 12.0. The van der Waals surface area contributed by atoms with Crippen molar-refractivity contribution in [3.63, 3.8) is 0 Å². The topological polar surface area (TPSA) is 66.4 Å². The number of aliphatic carboxylic acids is 1. The number of rotatable bonds is 6. The molecule has 1 fully saturated rings. The van der Waals surface area contributed by atoms with Crippen LogP contribution in [0.5, 0.6) is 0 Å². The molecular formula is C17H35NO3. The molecule has 2 N–H and O–H groups in total. The number of carbonyl (C=O) groups is 2. The van der Waals surface area contributed by atoms with Crippen LogP contribution < -0.4 is 5.32 Å². The first-order valence-electron chi connectivity index (χ1n) is 8.67. The number of carboxylic acid groups (broad SMARTS) is 1. The zero-order valence-electron chi connectivity index (χ0n) is 14.6. The van der Waals surface area contributed by atoms with Crippen LogP contribution in [-0.4, -0.2) is 23.5 Å². The molecule has 4 heteroatoms. The number of carboxylic acids is 1. The highest BCUT2D eigenvalue weighted by Crippen LogP contribution is 2.30. The minimum absolute atomic E-state index is 0.0618. The van der Waals surface area contributed by atoms with Crippen molar-refractivity contribution >= 4 is 11.9 Å². The molecule has 0 aromatic rings. The number of carbonyl (C=O) groups excluding carboxylic acids is 1. The van der Waals surface area contributed by atoms with Gasteiger partial charge < -0.3 is 10.4 Å². The Morgan fingerprint density at radius 2 is 1.52 bits per heavy atom. The van der Waals surface area contributed by atoms with Crippen LogP contribution in [0.4, 0.5) is 0 Å². The van der Waals surface area contributed by atoms with E-state index in [1.54, 1.807) is 0 Å². The molecule has 0 aromatic carbocycles. The van der Waals surface area contributed by atoms with Gasteiger partial charge in [0.1, 0.15) is 0 Å². The zero-order chi connectivity index (χ0) is 16.7. The van der Waals surface area contributed by atoms with Crippen molar-refractivity contribution in [3.05, 3.63) is 0 Å². The number of amides is 1. The third kappa shape index (κ3) is 9.48. The van der Waals surface area contributed by atoms with Crippen molar-refractivity contribution < 1.29 is 14.7 Å². The Kier molecular flexibility index (Phi) is 16.2. The van der Waals surface area contributed by atoms with Crippen molar-refractivity contribution in [1.82, 2.24) is 5.32 Å². The van der Waals surface area contributed by atoms with E-state index in [0.29, 0.717) is 13.0 Å². The van der Waals surface area contributed by atoms with Gasteiger partial charge in [0.05, 0.1) is 11.8 Å². The van der Waals surface area contributed by atoms with Crippen LogP contribution in [0.25, 0.3) is 0 Å². The fraction of sp³-hybridized carbons (Fsp3) is 0.882. The number of hydrogen-bond donors (Lipinski definition) is 2. The highest BCUT2D eigenvalue weighted by molar-refractivity contribution is 5.84. The molecule has 0 aromatic heterocycles. The largest absolute Gasteiger partial charge is 0.481 e. The minimum Gasteiger partial charge on any atom is -0.481 e. The fourth-order valence-electron chi connectivity index (χ4n) is 2.46. The van der Waals surface area contributed by atoms with E-state index in [-0.39, 0.29) is 11.8 Å². The summed E-state index contributed by atoms with van der Waals surface area (Å²) >= 11 is 0. The lowest BCUT2D eigenvalue weighted by Gasteiger charge is -2.27. The second-order valence-corrected chi connectivity index (χ2v) is 4.83. The molecule has 4 nitrogen and oxygen atoms in total. The molecule has 1 aliphatic rings. The maximum Gasteiger partial charge on any atom is 0.307 e. The summed E-state index contributed by atoms with van der Waals surface area (Å²) in [6.07, 6.45) is 6.46. The van der Waals surface area contributed by atoms with Crippen LogP contribution in [0, 0.1) is 11.8 Å². The Labute approximate surface area is 130 Å². The molecule has 126 valence electrons. The van der Waals surface area contributed by atoms with Crippen molar-refractivity contribution in [3.8, 4) is 0 Å². The van der Waals surface area contributed by atoms with Crippen molar-refractivity contribution in [1.29, 1.82) is 0 Å². The lowest BCUT2D eigenvalue weighted by molar-refractivity contribution is -0.148. The summed E-state index contributed by atoms with van der Waals surface area (Å²) in [6.45, 7) is 10.8. The Bertz CT molecular complexity index is 267. The highest BCUT2D eigenvalue weighted by Gasteiger charge is 2.35. The van der Waals surface area contributed by atoms with Crippen LogP contribution in [-0.2, 0) is 9.59 Å². The average Bonchev–Trinajstić information content (AvgIpc) is 2.55. The van der Waals surface area contributed by atoms with Crippen molar-refractivity contribution in [2.24, 2.45) is 11.8 Å². The summed E-state index contributed by atoms with van der Waals surface area (Å²) in [7, 11) is 0. The van der Waals surface area contributed by atoms with Gasteiger partial charge in [-0.3, -0.25) is 9.59 Å². The Morgan fingerprint density at radius 3 is 2.00 bits per heavy atom. The highest BCUT2D eigenvalue weighted by atomic mass is 16.4. The van der Waals surface area contributed by atoms with E-state index in [9.17, 15) is 9.59 Å². The molecule has 0 spiro atoms. The van der Waals surface area contributed by atoms with E-state index < -0.39 is 11.9 Å². The van der Waals surface area contributed by atoms with E-state index in [1.807, 2.05) is 27.7 Å². The lowest BCUT2D eigenvalue weighted by atomic mass is 9.78. The van der Waals surface area contributed by atoms with Gasteiger partial charge >= 0.3 is 5.97 Å². The van der Waals surface area contributed by atoms with Gasteiger partial charge in [0.2, 0.25) is 5.91 Å². The summed E-state index contributed by atoms with van der Waals surface area (Å²) in [5.41, 5.74) is 0. The molecule has 2 atom stereocenters. The first-order chi connectivity index (χ1) is 10.2. The molecule has 0 saturated heterocycles. The van der Waals surface area contributed by atoms with Crippen molar-refractivity contribution in [2.45, 2.75) is 79.6 Å².